The second kappa shape index (κ2) is 6.39. The van der Waals surface area contributed by atoms with Crippen molar-refractivity contribution in [2.45, 2.75) is 0 Å². The predicted octanol–water partition coefficient (Wildman–Crippen LogP) is 1.89. The molecule has 0 unspecified atom stereocenters. The fourth-order valence-electron chi connectivity index (χ4n) is 3.18. The lowest BCUT2D eigenvalue weighted by Crippen LogP contribution is -2.49. The zero-order chi connectivity index (χ0) is 17.2. The van der Waals surface area contributed by atoms with E-state index in [4.69, 9.17) is 0 Å². The topological polar surface area (TPSA) is 69.3 Å². The van der Waals surface area contributed by atoms with E-state index in [0.717, 1.165) is 24.3 Å². The summed E-state index contributed by atoms with van der Waals surface area (Å²) in [5.41, 5.74) is 0.114. The molecule has 6 nitrogen and oxygen atoms in total. The van der Waals surface area contributed by atoms with E-state index in [0.29, 0.717) is 24.2 Å². The molecule has 1 aliphatic heterocycles. The first-order chi connectivity index (χ1) is 12.2. The van der Waals surface area contributed by atoms with Crippen LogP contribution in [0, 0.1) is 0 Å². The molecule has 3 aromatic rings. The quantitative estimate of drug-likeness (QED) is 0.777. The van der Waals surface area contributed by atoms with Crippen LogP contribution in [0.15, 0.2) is 59.5 Å². The number of nitrogens with zero attached hydrogens (tertiary/aromatic N) is 3. The van der Waals surface area contributed by atoms with Gasteiger partial charge in [-0.25, -0.2) is 4.98 Å². The molecule has 126 valence electrons. The lowest BCUT2D eigenvalue weighted by Gasteiger charge is -2.35. The third kappa shape index (κ3) is 2.98. The van der Waals surface area contributed by atoms with E-state index in [9.17, 15) is 9.59 Å². The van der Waals surface area contributed by atoms with Gasteiger partial charge in [-0.1, -0.05) is 24.3 Å². The summed E-state index contributed by atoms with van der Waals surface area (Å²) in [4.78, 5) is 35.9. The lowest BCUT2D eigenvalue weighted by atomic mass is 10.1. The number of hydrogen-bond acceptors (Lipinski definition) is 4. The van der Waals surface area contributed by atoms with Gasteiger partial charge in [0.25, 0.3) is 11.5 Å². The molecule has 25 heavy (non-hydrogen) atoms. The van der Waals surface area contributed by atoms with Gasteiger partial charge in [-0.05, 0) is 29.7 Å². The molecule has 4 rings (SSSR count). The normalized spacial score (nSPS) is 14.7. The van der Waals surface area contributed by atoms with Crippen molar-refractivity contribution >= 4 is 22.5 Å². The first-order valence-corrected chi connectivity index (χ1v) is 8.30. The zero-order valence-corrected chi connectivity index (χ0v) is 13.7. The van der Waals surface area contributed by atoms with Gasteiger partial charge in [0.05, 0.1) is 0 Å². The molecule has 1 saturated heterocycles. The van der Waals surface area contributed by atoms with Crippen LogP contribution in [0.2, 0.25) is 0 Å². The van der Waals surface area contributed by atoms with E-state index < -0.39 is 0 Å². The lowest BCUT2D eigenvalue weighted by molar-refractivity contribution is 0.0740. The number of anilines is 1. The zero-order valence-electron chi connectivity index (χ0n) is 13.7. The first-order valence-electron chi connectivity index (χ1n) is 8.30. The standard InChI is InChI=1S/C19H18N4O2/c24-18-15-6-2-1-5-14(15)13-16(21-18)19(25)23-11-9-22(10-12-23)17-7-3-4-8-20-17/h1-8,13H,9-12H2,(H,21,24). The van der Waals surface area contributed by atoms with Crippen molar-refractivity contribution in [3.8, 4) is 0 Å². The van der Waals surface area contributed by atoms with Crippen molar-refractivity contribution in [2.75, 3.05) is 31.1 Å². The van der Waals surface area contributed by atoms with Gasteiger partial charge in [0.15, 0.2) is 0 Å². The molecule has 1 aromatic carbocycles. The summed E-state index contributed by atoms with van der Waals surface area (Å²) in [6.07, 6.45) is 1.77. The third-order valence-electron chi connectivity index (χ3n) is 4.52. The molecule has 0 spiro atoms. The van der Waals surface area contributed by atoms with Crippen LogP contribution in [0.4, 0.5) is 5.82 Å². The van der Waals surface area contributed by atoms with Crippen LogP contribution in [0.1, 0.15) is 10.5 Å². The number of H-pyrrole nitrogens is 1. The Morgan fingerprint density at radius 2 is 1.76 bits per heavy atom. The number of aromatic amines is 1. The highest BCUT2D eigenvalue weighted by Crippen LogP contribution is 2.15. The first kappa shape index (κ1) is 15.4. The summed E-state index contributed by atoms with van der Waals surface area (Å²) in [5.74, 6) is 0.789. The Hall–Kier alpha value is -3.15. The van der Waals surface area contributed by atoms with Crippen molar-refractivity contribution in [2.24, 2.45) is 0 Å². The minimum atomic E-state index is -0.228. The predicted molar refractivity (Wildman–Crippen MR) is 96.9 cm³/mol. The molecule has 1 fully saturated rings. The Labute approximate surface area is 144 Å². The molecule has 0 atom stereocenters. The van der Waals surface area contributed by atoms with Crippen molar-refractivity contribution < 1.29 is 4.79 Å². The summed E-state index contributed by atoms with van der Waals surface area (Å²) in [5, 5.41) is 1.38. The molecule has 6 heteroatoms. The number of carbonyl (C=O) groups excluding carboxylic acids is 1. The second-order valence-electron chi connectivity index (χ2n) is 6.07. The maximum Gasteiger partial charge on any atom is 0.270 e. The number of pyridine rings is 2. The maximum atomic E-state index is 12.8. The number of fused-ring (bicyclic) bond motifs is 1. The van der Waals surface area contributed by atoms with Crippen LogP contribution in [-0.4, -0.2) is 47.0 Å². The number of piperazine rings is 1. The van der Waals surface area contributed by atoms with E-state index >= 15 is 0 Å². The van der Waals surface area contributed by atoms with Crippen molar-refractivity contribution in [1.29, 1.82) is 0 Å². The smallest absolute Gasteiger partial charge is 0.270 e. The summed E-state index contributed by atoms with van der Waals surface area (Å²) in [6, 6.07) is 14.9. The number of nitrogens with one attached hydrogen (secondary N) is 1. The van der Waals surface area contributed by atoms with E-state index in [1.807, 2.05) is 36.4 Å². The third-order valence-corrected chi connectivity index (χ3v) is 4.52. The molecule has 0 saturated carbocycles. The maximum absolute atomic E-state index is 12.8. The Bertz CT molecular complexity index is 960. The monoisotopic (exact) mass is 334 g/mol. The van der Waals surface area contributed by atoms with Gasteiger partial charge in [-0.15, -0.1) is 0 Å². The molecule has 1 aliphatic rings. The van der Waals surface area contributed by atoms with E-state index in [2.05, 4.69) is 14.9 Å². The van der Waals surface area contributed by atoms with Gasteiger partial charge in [-0.3, -0.25) is 9.59 Å². The fraction of sp³-hybridized carbons (Fsp3) is 0.211. The van der Waals surface area contributed by atoms with E-state index in [1.165, 1.54) is 0 Å². The second-order valence-corrected chi connectivity index (χ2v) is 6.07. The van der Waals surface area contributed by atoms with Crippen molar-refractivity contribution in [3.63, 3.8) is 0 Å². The van der Waals surface area contributed by atoms with Crippen LogP contribution in [0.5, 0.6) is 0 Å². The Kier molecular flexibility index (Phi) is 3.93. The largest absolute Gasteiger partial charge is 0.353 e. The number of amides is 1. The van der Waals surface area contributed by atoms with Crippen molar-refractivity contribution in [3.05, 3.63) is 70.8 Å². The molecule has 3 heterocycles. The Balaban J connectivity index is 1.52. The fourth-order valence-corrected chi connectivity index (χ4v) is 3.18. The van der Waals surface area contributed by atoms with Crippen LogP contribution >= 0.6 is 0 Å². The molecular weight excluding hydrogens is 316 g/mol. The molecule has 0 bridgehead atoms. The average Bonchev–Trinajstić information content (AvgIpc) is 2.68. The van der Waals surface area contributed by atoms with Crippen LogP contribution < -0.4 is 10.5 Å². The van der Waals surface area contributed by atoms with Crippen LogP contribution in [0.3, 0.4) is 0 Å². The average molecular weight is 334 g/mol. The van der Waals surface area contributed by atoms with Crippen molar-refractivity contribution in [1.82, 2.24) is 14.9 Å². The Morgan fingerprint density at radius 1 is 1.00 bits per heavy atom. The van der Waals surface area contributed by atoms with Gasteiger partial charge in [0.2, 0.25) is 0 Å². The van der Waals surface area contributed by atoms with Gasteiger partial charge in [0, 0.05) is 37.8 Å². The van der Waals surface area contributed by atoms with Gasteiger partial charge in [-0.2, -0.15) is 0 Å². The van der Waals surface area contributed by atoms with E-state index in [-0.39, 0.29) is 11.5 Å². The summed E-state index contributed by atoms with van der Waals surface area (Å²) in [7, 11) is 0. The molecular formula is C19H18N4O2. The van der Waals surface area contributed by atoms with Crippen LogP contribution in [0.25, 0.3) is 10.8 Å². The molecule has 2 aromatic heterocycles. The highest BCUT2D eigenvalue weighted by molar-refractivity contribution is 5.96. The molecule has 1 amide bonds. The number of rotatable bonds is 2. The molecule has 1 N–H and O–H groups in total. The highest BCUT2D eigenvalue weighted by atomic mass is 16.2. The summed E-state index contributed by atoms with van der Waals surface area (Å²) >= 11 is 0. The highest BCUT2D eigenvalue weighted by Gasteiger charge is 2.23. The van der Waals surface area contributed by atoms with Gasteiger partial charge >= 0.3 is 0 Å². The summed E-state index contributed by atoms with van der Waals surface area (Å²) in [6.45, 7) is 2.65. The minimum absolute atomic E-state index is 0.136. The molecule has 0 aliphatic carbocycles. The Morgan fingerprint density at radius 3 is 2.52 bits per heavy atom. The number of hydrogen-bond donors (Lipinski definition) is 1. The minimum Gasteiger partial charge on any atom is -0.353 e. The molecule has 0 radical (unpaired) electrons. The van der Waals surface area contributed by atoms with Gasteiger partial charge < -0.3 is 14.8 Å². The van der Waals surface area contributed by atoms with Gasteiger partial charge in [0.1, 0.15) is 11.5 Å². The SMILES string of the molecule is O=C(c1cc2ccccc2c(=O)[nH]1)N1CCN(c2ccccn2)CC1. The number of aromatic nitrogens is 2. The number of benzene rings is 1. The van der Waals surface area contributed by atoms with Crippen LogP contribution in [-0.2, 0) is 0 Å². The number of carbonyl (C=O) groups is 1. The van der Waals surface area contributed by atoms with E-state index in [1.54, 1.807) is 23.2 Å². The summed E-state index contributed by atoms with van der Waals surface area (Å²) < 4.78 is 0.